The summed E-state index contributed by atoms with van der Waals surface area (Å²) in [5.74, 6) is 0.855. The molecule has 0 saturated carbocycles. The number of para-hydroxylation sites is 2. The van der Waals surface area contributed by atoms with Crippen molar-refractivity contribution in [2.24, 2.45) is 0 Å². The van der Waals surface area contributed by atoms with Gasteiger partial charge in [0, 0.05) is 18.7 Å². The van der Waals surface area contributed by atoms with E-state index in [1.807, 2.05) is 12.1 Å². The molecule has 7 nitrogen and oxygen atoms in total. The summed E-state index contributed by atoms with van der Waals surface area (Å²) < 4.78 is 17.1. The number of hydrogen-bond donors (Lipinski definition) is 0. The van der Waals surface area contributed by atoms with Crippen molar-refractivity contribution in [3.63, 3.8) is 0 Å². The Morgan fingerprint density at radius 2 is 1.75 bits per heavy atom. The van der Waals surface area contributed by atoms with Crippen molar-refractivity contribution < 1.29 is 18.7 Å². The van der Waals surface area contributed by atoms with Gasteiger partial charge in [0.05, 0.1) is 31.2 Å². The monoisotopic (exact) mass is 436 g/mol. The number of likely N-dealkylation sites (N-methyl/N-ethyl adjacent to an activating group) is 1. The number of carbonyl (C=O) groups is 1. The van der Waals surface area contributed by atoms with E-state index in [4.69, 9.17) is 13.9 Å². The van der Waals surface area contributed by atoms with Crippen molar-refractivity contribution >= 4 is 16.9 Å². The SMILES string of the molecule is CCN(CC)CCN1C(=O)c2oc3ccccc3c(=O)c2C1c1cccc(OC)c1OC. The van der Waals surface area contributed by atoms with Crippen LogP contribution in [-0.4, -0.2) is 56.1 Å². The van der Waals surface area contributed by atoms with Crippen molar-refractivity contribution in [1.82, 2.24) is 9.80 Å². The summed E-state index contributed by atoms with van der Waals surface area (Å²) in [4.78, 5) is 31.1. The van der Waals surface area contributed by atoms with Gasteiger partial charge < -0.3 is 23.7 Å². The Bertz CT molecular complexity index is 1200. The fourth-order valence-corrected chi connectivity index (χ4v) is 4.44. The van der Waals surface area contributed by atoms with Crippen LogP contribution in [0.15, 0.2) is 51.7 Å². The molecule has 168 valence electrons. The molecule has 0 radical (unpaired) electrons. The standard InChI is InChI=1S/C25H28N2O5/c1-5-26(6-2)14-15-27-21(17-11-9-13-19(30-3)23(17)31-4)20-22(28)16-10-7-8-12-18(16)32-24(20)25(27)29/h7-13,21H,5-6,14-15H2,1-4H3. The lowest BCUT2D eigenvalue weighted by Gasteiger charge is -2.29. The first kappa shape index (κ1) is 21.9. The molecule has 0 fully saturated rings. The first-order valence-electron chi connectivity index (χ1n) is 10.9. The molecule has 0 saturated heterocycles. The molecule has 4 rings (SSSR count). The minimum atomic E-state index is -0.626. The van der Waals surface area contributed by atoms with Gasteiger partial charge in [0.15, 0.2) is 16.9 Å². The molecule has 0 spiro atoms. The number of hydrogen-bond acceptors (Lipinski definition) is 6. The lowest BCUT2D eigenvalue weighted by atomic mass is 9.97. The van der Waals surface area contributed by atoms with Gasteiger partial charge >= 0.3 is 0 Å². The molecule has 1 aromatic heterocycles. The van der Waals surface area contributed by atoms with Crippen LogP contribution in [-0.2, 0) is 0 Å². The topological polar surface area (TPSA) is 72.2 Å². The van der Waals surface area contributed by atoms with E-state index < -0.39 is 6.04 Å². The zero-order valence-corrected chi connectivity index (χ0v) is 18.9. The molecule has 0 N–H and O–H groups in total. The quantitative estimate of drug-likeness (QED) is 0.536. The molecule has 32 heavy (non-hydrogen) atoms. The second-order valence-electron chi connectivity index (χ2n) is 7.68. The van der Waals surface area contributed by atoms with Gasteiger partial charge in [-0.2, -0.15) is 0 Å². The van der Waals surface area contributed by atoms with Gasteiger partial charge in [0.2, 0.25) is 5.76 Å². The highest BCUT2D eigenvalue weighted by molar-refractivity contribution is 5.99. The predicted molar refractivity (Wildman–Crippen MR) is 123 cm³/mol. The summed E-state index contributed by atoms with van der Waals surface area (Å²) >= 11 is 0. The number of nitrogens with zero attached hydrogens (tertiary/aromatic N) is 2. The van der Waals surface area contributed by atoms with Gasteiger partial charge in [-0.15, -0.1) is 0 Å². The van der Waals surface area contributed by atoms with Crippen molar-refractivity contribution in [1.29, 1.82) is 0 Å². The average Bonchev–Trinajstić information content (AvgIpc) is 3.11. The number of methoxy groups -OCH3 is 2. The maximum atomic E-state index is 13.6. The van der Waals surface area contributed by atoms with Crippen LogP contribution in [0.4, 0.5) is 0 Å². The lowest BCUT2D eigenvalue weighted by Crippen LogP contribution is -2.38. The van der Waals surface area contributed by atoms with Crippen LogP contribution in [0.2, 0.25) is 0 Å². The molecule has 1 aliphatic rings. The number of ether oxygens (including phenoxy) is 2. The zero-order chi connectivity index (χ0) is 22.8. The van der Waals surface area contributed by atoms with Crippen LogP contribution in [0.1, 0.15) is 41.6 Å². The highest BCUT2D eigenvalue weighted by Crippen LogP contribution is 2.44. The van der Waals surface area contributed by atoms with Crippen LogP contribution in [0.25, 0.3) is 11.0 Å². The van der Waals surface area contributed by atoms with Gasteiger partial charge in [0.1, 0.15) is 5.58 Å². The van der Waals surface area contributed by atoms with Gasteiger partial charge in [-0.25, -0.2) is 0 Å². The Hall–Kier alpha value is -3.32. The second-order valence-corrected chi connectivity index (χ2v) is 7.68. The summed E-state index contributed by atoms with van der Waals surface area (Å²) in [6, 6.07) is 11.9. The molecule has 3 aromatic rings. The summed E-state index contributed by atoms with van der Waals surface area (Å²) in [7, 11) is 3.12. The summed E-state index contributed by atoms with van der Waals surface area (Å²) in [6.07, 6.45) is 0. The molecule has 1 aliphatic heterocycles. The number of rotatable bonds is 8. The van der Waals surface area contributed by atoms with Crippen molar-refractivity contribution in [2.45, 2.75) is 19.9 Å². The Kier molecular flexibility index (Phi) is 6.19. The predicted octanol–water partition coefficient (Wildman–Crippen LogP) is 3.70. The fraction of sp³-hybridized carbons (Fsp3) is 0.360. The van der Waals surface area contributed by atoms with E-state index in [1.54, 1.807) is 49.5 Å². The van der Waals surface area contributed by atoms with Gasteiger partial charge in [-0.1, -0.05) is 38.1 Å². The lowest BCUT2D eigenvalue weighted by molar-refractivity contribution is 0.0706. The third-order valence-electron chi connectivity index (χ3n) is 6.15. The zero-order valence-electron chi connectivity index (χ0n) is 18.9. The third-order valence-corrected chi connectivity index (χ3v) is 6.15. The van der Waals surface area contributed by atoms with E-state index in [0.29, 0.717) is 46.7 Å². The van der Waals surface area contributed by atoms with E-state index in [1.165, 1.54) is 0 Å². The summed E-state index contributed by atoms with van der Waals surface area (Å²) in [5, 5.41) is 0.455. The van der Waals surface area contributed by atoms with Crippen LogP contribution in [0.3, 0.4) is 0 Å². The summed E-state index contributed by atoms with van der Waals surface area (Å²) in [5.41, 5.74) is 1.25. The molecule has 2 aromatic carbocycles. The Balaban J connectivity index is 1.93. The smallest absolute Gasteiger partial charge is 0.290 e. The first-order valence-corrected chi connectivity index (χ1v) is 10.9. The van der Waals surface area contributed by atoms with Crippen LogP contribution >= 0.6 is 0 Å². The summed E-state index contributed by atoms with van der Waals surface area (Å²) in [6.45, 7) is 7.06. The molecule has 7 heteroatoms. The number of amides is 1. The molecule has 1 amide bonds. The van der Waals surface area contributed by atoms with Crippen LogP contribution < -0.4 is 14.9 Å². The Morgan fingerprint density at radius 1 is 1.00 bits per heavy atom. The molecular formula is C25H28N2O5. The third kappa shape index (κ3) is 3.52. The second kappa shape index (κ2) is 9.04. The minimum absolute atomic E-state index is 0.100. The van der Waals surface area contributed by atoms with Gasteiger partial charge in [0.25, 0.3) is 5.91 Å². The van der Waals surface area contributed by atoms with E-state index in [-0.39, 0.29) is 17.1 Å². The highest BCUT2D eigenvalue weighted by atomic mass is 16.5. The minimum Gasteiger partial charge on any atom is -0.493 e. The van der Waals surface area contributed by atoms with E-state index in [2.05, 4.69) is 18.7 Å². The van der Waals surface area contributed by atoms with Crippen molar-refractivity contribution in [3.8, 4) is 11.5 Å². The maximum absolute atomic E-state index is 13.6. The van der Waals surface area contributed by atoms with E-state index in [9.17, 15) is 9.59 Å². The van der Waals surface area contributed by atoms with Crippen molar-refractivity contribution in [2.75, 3.05) is 40.4 Å². The molecule has 1 atom stereocenters. The highest BCUT2D eigenvalue weighted by Gasteiger charge is 2.44. The first-order chi connectivity index (χ1) is 15.5. The Labute approximate surface area is 187 Å². The van der Waals surface area contributed by atoms with E-state index in [0.717, 1.165) is 13.1 Å². The van der Waals surface area contributed by atoms with Crippen LogP contribution in [0.5, 0.6) is 11.5 Å². The number of fused-ring (bicyclic) bond motifs is 2. The van der Waals surface area contributed by atoms with Gasteiger partial charge in [-0.3, -0.25) is 9.59 Å². The number of carbonyl (C=O) groups excluding carboxylic acids is 1. The van der Waals surface area contributed by atoms with Crippen LogP contribution in [0, 0.1) is 0 Å². The fourth-order valence-electron chi connectivity index (χ4n) is 4.44. The Morgan fingerprint density at radius 3 is 2.44 bits per heavy atom. The van der Waals surface area contributed by atoms with E-state index >= 15 is 0 Å². The average molecular weight is 437 g/mol. The number of benzene rings is 2. The molecule has 1 unspecified atom stereocenters. The molecule has 2 heterocycles. The largest absolute Gasteiger partial charge is 0.493 e. The van der Waals surface area contributed by atoms with Gasteiger partial charge in [-0.05, 0) is 31.3 Å². The van der Waals surface area contributed by atoms with Crippen molar-refractivity contribution in [3.05, 3.63) is 69.6 Å². The maximum Gasteiger partial charge on any atom is 0.290 e. The molecule has 0 aliphatic carbocycles. The molecule has 0 bridgehead atoms. The molecular weight excluding hydrogens is 408 g/mol. The normalized spacial score (nSPS) is 15.5.